The van der Waals surface area contributed by atoms with Gasteiger partial charge in [0.1, 0.15) is 5.54 Å². The van der Waals surface area contributed by atoms with Gasteiger partial charge in [-0.15, -0.1) is 0 Å². The molecule has 1 heterocycles. The van der Waals surface area contributed by atoms with Crippen molar-refractivity contribution in [3.05, 3.63) is 119 Å². The smallest absolute Gasteiger partial charge is 0.253 e. The lowest BCUT2D eigenvalue weighted by atomic mass is 9.75. The molecule has 1 unspecified atom stereocenters. The molecule has 1 aliphatic heterocycles. The highest BCUT2D eigenvalue weighted by Gasteiger charge is 2.48. The van der Waals surface area contributed by atoms with Crippen molar-refractivity contribution in [2.75, 3.05) is 6.54 Å². The Morgan fingerprint density at radius 1 is 0.793 bits per heavy atom. The Kier molecular flexibility index (Phi) is 5.08. The summed E-state index contributed by atoms with van der Waals surface area (Å²) in [7, 11) is 0. The molecule has 1 aliphatic rings. The fraction of sp³-hybridized carbons (Fsp3) is 0.192. The molecule has 0 aromatic heterocycles. The highest BCUT2D eigenvalue weighted by atomic mass is 16.3. The van der Waals surface area contributed by atoms with E-state index in [1.807, 2.05) is 66.4 Å². The summed E-state index contributed by atoms with van der Waals surface area (Å²) in [5, 5.41) is 10.3. The van der Waals surface area contributed by atoms with Crippen LogP contribution in [0, 0.1) is 0 Å². The quantitative estimate of drug-likeness (QED) is 0.658. The summed E-state index contributed by atoms with van der Waals surface area (Å²) >= 11 is 0. The Morgan fingerprint density at radius 3 is 1.48 bits per heavy atom. The Morgan fingerprint density at radius 2 is 1.17 bits per heavy atom. The number of hydrogen-bond donors (Lipinski definition) is 1. The van der Waals surface area contributed by atoms with Gasteiger partial charge < -0.3 is 10.0 Å². The maximum absolute atomic E-state index is 13.6. The summed E-state index contributed by atoms with van der Waals surface area (Å²) in [6.07, 6.45) is -0.799. The van der Waals surface area contributed by atoms with Crippen molar-refractivity contribution in [1.82, 2.24) is 4.90 Å². The van der Waals surface area contributed by atoms with Gasteiger partial charge in [-0.2, -0.15) is 0 Å². The second kappa shape index (κ2) is 7.69. The first-order chi connectivity index (χ1) is 14.1. The van der Waals surface area contributed by atoms with Crippen molar-refractivity contribution in [2.24, 2.45) is 0 Å². The first-order valence-electron chi connectivity index (χ1n) is 9.93. The molecule has 0 saturated heterocycles. The van der Waals surface area contributed by atoms with E-state index in [0.717, 1.165) is 22.3 Å². The van der Waals surface area contributed by atoms with Gasteiger partial charge in [-0.05, 0) is 36.1 Å². The maximum Gasteiger partial charge on any atom is 0.253 e. The molecular weight excluding hydrogens is 358 g/mol. The van der Waals surface area contributed by atoms with E-state index in [1.54, 1.807) is 6.92 Å². The molecule has 1 atom stereocenters. The van der Waals surface area contributed by atoms with Crippen molar-refractivity contribution in [2.45, 2.75) is 25.5 Å². The summed E-state index contributed by atoms with van der Waals surface area (Å²) in [4.78, 5) is 15.5. The molecule has 0 aliphatic carbocycles. The lowest BCUT2D eigenvalue weighted by molar-refractivity contribution is -0.130. The summed E-state index contributed by atoms with van der Waals surface area (Å²) < 4.78 is 0. The second-order valence-electron chi connectivity index (χ2n) is 7.57. The number of hydrogen-bond acceptors (Lipinski definition) is 2. The second-order valence-corrected chi connectivity index (χ2v) is 7.57. The van der Waals surface area contributed by atoms with E-state index in [1.165, 1.54) is 0 Å². The van der Waals surface area contributed by atoms with Gasteiger partial charge in [-0.3, -0.25) is 4.79 Å². The van der Waals surface area contributed by atoms with Crippen LogP contribution in [0.1, 0.15) is 30.5 Å². The zero-order valence-corrected chi connectivity index (χ0v) is 16.7. The molecule has 3 aromatic carbocycles. The van der Waals surface area contributed by atoms with Crippen LogP contribution in [0.3, 0.4) is 0 Å². The number of amides is 1. The van der Waals surface area contributed by atoms with Gasteiger partial charge in [0.15, 0.2) is 0 Å². The van der Waals surface area contributed by atoms with E-state index >= 15 is 0 Å². The van der Waals surface area contributed by atoms with Gasteiger partial charge in [0.2, 0.25) is 0 Å². The van der Waals surface area contributed by atoms with Gasteiger partial charge in [-0.1, -0.05) is 91.0 Å². The molecule has 29 heavy (non-hydrogen) atoms. The standard InChI is InChI=1S/C26H25NO2/c1-19-18-27(25(29)24(19)20(2)28)26(21-12-6-3-7-13-21,22-14-8-4-9-15-22)23-16-10-5-11-17-23/h3-17,20,28H,18H2,1-2H3. The lowest BCUT2D eigenvalue weighted by Crippen LogP contribution is -2.50. The zero-order valence-electron chi connectivity index (χ0n) is 16.7. The number of aliphatic hydroxyl groups excluding tert-OH is 1. The predicted octanol–water partition coefficient (Wildman–Crippen LogP) is 4.52. The molecule has 3 aromatic rings. The third kappa shape index (κ3) is 3.08. The molecule has 1 amide bonds. The highest BCUT2D eigenvalue weighted by Crippen LogP contribution is 2.45. The first kappa shape index (κ1) is 19.2. The molecule has 146 valence electrons. The number of rotatable bonds is 5. The van der Waals surface area contributed by atoms with Crippen LogP contribution in [0.4, 0.5) is 0 Å². The average Bonchev–Trinajstić information content (AvgIpc) is 3.05. The molecular formula is C26H25NO2. The lowest BCUT2D eigenvalue weighted by Gasteiger charge is -2.44. The zero-order chi connectivity index (χ0) is 20.4. The average molecular weight is 383 g/mol. The fourth-order valence-electron chi connectivity index (χ4n) is 4.53. The minimum Gasteiger partial charge on any atom is -0.389 e. The van der Waals surface area contributed by atoms with Gasteiger partial charge in [0, 0.05) is 12.1 Å². The van der Waals surface area contributed by atoms with Crippen LogP contribution in [0.15, 0.2) is 102 Å². The number of nitrogens with zero attached hydrogens (tertiary/aromatic N) is 1. The number of carbonyl (C=O) groups is 1. The number of carbonyl (C=O) groups excluding carboxylic acids is 1. The van der Waals surface area contributed by atoms with Crippen LogP contribution in [-0.4, -0.2) is 28.6 Å². The number of benzene rings is 3. The Bertz CT molecular complexity index is 927. The van der Waals surface area contributed by atoms with E-state index in [-0.39, 0.29) is 5.91 Å². The van der Waals surface area contributed by atoms with Gasteiger partial charge in [0.25, 0.3) is 5.91 Å². The van der Waals surface area contributed by atoms with Crippen molar-refractivity contribution in [1.29, 1.82) is 0 Å². The molecule has 4 rings (SSSR count). The van der Waals surface area contributed by atoms with E-state index in [2.05, 4.69) is 36.4 Å². The van der Waals surface area contributed by atoms with Crippen LogP contribution in [0.5, 0.6) is 0 Å². The summed E-state index contributed by atoms with van der Waals surface area (Å²) in [5.41, 5.74) is 3.68. The van der Waals surface area contributed by atoms with Crippen LogP contribution in [0.25, 0.3) is 0 Å². The maximum atomic E-state index is 13.6. The van der Waals surface area contributed by atoms with Gasteiger partial charge >= 0.3 is 0 Å². The Hall–Kier alpha value is -3.17. The minimum atomic E-state index is -0.799. The van der Waals surface area contributed by atoms with Crippen molar-refractivity contribution >= 4 is 5.91 Å². The molecule has 3 heteroatoms. The van der Waals surface area contributed by atoms with Crippen molar-refractivity contribution in [3.8, 4) is 0 Å². The molecule has 0 spiro atoms. The third-order valence-electron chi connectivity index (χ3n) is 5.73. The van der Waals surface area contributed by atoms with E-state index in [0.29, 0.717) is 12.1 Å². The van der Waals surface area contributed by atoms with Crippen molar-refractivity contribution < 1.29 is 9.90 Å². The summed E-state index contributed by atoms with van der Waals surface area (Å²) in [6.45, 7) is 4.07. The van der Waals surface area contributed by atoms with Crippen LogP contribution in [0.2, 0.25) is 0 Å². The Balaban J connectivity index is 2.04. The Labute approximate surface area is 171 Å². The summed E-state index contributed by atoms with van der Waals surface area (Å²) in [6, 6.07) is 30.4. The summed E-state index contributed by atoms with van der Waals surface area (Å²) in [5.74, 6) is -0.117. The minimum absolute atomic E-state index is 0.117. The van der Waals surface area contributed by atoms with Gasteiger partial charge in [-0.25, -0.2) is 0 Å². The van der Waals surface area contributed by atoms with E-state index in [4.69, 9.17) is 0 Å². The molecule has 1 N–H and O–H groups in total. The fourth-order valence-corrected chi connectivity index (χ4v) is 4.53. The third-order valence-corrected chi connectivity index (χ3v) is 5.73. The molecule has 0 saturated carbocycles. The van der Waals surface area contributed by atoms with Crippen LogP contribution < -0.4 is 0 Å². The number of aliphatic hydroxyl groups is 1. The molecule has 0 bridgehead atoms. The molecule has 0 fully saturated rings. The largest absolute Gasteiger partial charge is 0.389 e. The normalized spacial score (nSPS) is 15.7. The van der Waals surface area contributed by atoms with E-state index in [9.17, 15) is 9.90 Å². The molecule has 3 nitrogen and oxygen atoms in total. The SMILES string of the molecule is CC1=C(C(C)O)C(=O)N(C(c2ccccc2)(c2ccccc2)c2ccccc2)C1. The predicted molar refractivity (Wildman–Crippen MR) is 115 cm³/mol. The topological polar surface area (TPSA) is 40.5 Å². The van der Waals surface area contributed by atoms with Crippen LogP contribution >= 0.6 is 0 Å². The first-order valence-corrected chi connectivity index (χ1v) is 9.93. The van der Waals surface area contributed by atoms with Gasteiger partial charge in [0.05, 0.1) is 6.10 Å². The monoisotopic (exact) mass is 383 g/mol. The van der Waals surface area contributed by atoms with E-state index < -0.39 is 11.6 Å². The van der Waals surface area contributed by atoms with Crippen LogP contribution in [-0.2, 0) is 10.3 Å². The molecule has 0 radical (unpaired) electrons. The van der Waals surface area contributed by atoms with Crippen molar-refractivity contribution in [3.63, 3.8) is 0 Å². The highest BCUT2D eigenvalue weighted by molar-refractivity contribution is 5.99.